The Morgan fingerprint density at radius 3 is 2.68 bits per heavy atom. The van der Waals surface area contributed by atoms with Crippen LogP contribution in [0.15, 0.2) is 48.5 Å². The van der Waals surface area contributed by atoms with Crippen molar-refractivity contribution in [2.75, 3.05) is 18.4 Å². The molecular formula is C23H29FN2O2. The molecule has 1 heterocycles. The van der Waals surface area contributed by atoms with Gasteiger partial charge in [0.1, 0.15) is 11.6 Å². The molecule has 3 rings (SSSR count). The molecule has 0 aromatic heterocycles. The summed E-state index contributed by atoms with van der Waals surface area (Å²) in [7, 11) is 0. The third kappa shape index (κ3) is 5.47. The second kappa shape index (κ2) is 9.09. The standard InChI is InChI=1S/C23H29FN2O2/c1-16(2)12-18-15-26(23(28)13-17-6-8-21(27)9-7-17)11-10-22(18)25-20-5-3-4-19(24)14-20/h3-9,14,16,18,22,25,27H,10-13,15H2,1-2H3/t18-,22+/m0/s1. The minimum Gasteiger partial charge on any atom is -0.508 e. The molecule has 2 atom stereocenters. The van der Waals surface area contributed by atoms with Crippen LogP contribution in [0.4, 0.5) is 10.1 Å². The predicted molar refractivity (Wildman–Crippen MR) is 110 cm³/mol. The molecule has 1 aliphatic heterocycles. The van der Waals surface area contributed by atoms with Crippen LogP contribution in [0.25, 0.3) is 0 Å². The van der Waals surface area contributed by atoms with Gasteiger partial charge < -0.3 is 15.3 Å². The molecule has 0 bridgehead atoms. The van der Waals surface area contributed by atoms with Gasteiger partial charge in [-0.3, -0.25) is 4.79 Å². The average molecular weight is 384 g/mol. The molecular weight excluding hydrogens is 355 g/mol. The molecule has 4 nitrogen and oxygen atoms in total. The van der Waals surface area contributed by atoms with Gasteiger partial charge in [0, 0.05) is 24.8 Å². The Hall–Kier alpha value is -2.56. The topological polar surface area (TPSA) is 52.6 Å². The summed E-state index contributed by atoms with van der Waals surface area (Å²) < 4.78 is 13.5. The number of likely N-dealkylation sites (tertiary alicyclic amines) is 1. The molecule has 2 N–H and O–H groups in total. The highest BCUT2D eigenvalue weighted by molar-refractivity contribution is 5.79. The summed E-state index contributed by atoms with van der Waals surface area (Å²) in [5, 5.41) is 12.9. The number of carbonyl (C=O) groups is 1. The van der Waals surface area contributed by atoms with Crippen molar-refractivity contribution >= 4 is 11.6 Å². The fourth-order valence-corrected chi connectivity index (χ4v) is 3.99. The molecule has 0 aliphatic carbocycles. The van der Waals surface area contributed by atoms with E-state index in [1.165, 1.54) is 12.1 Å². The number of anilines is 1. The zero-order chi connectivity index (χ0) is 20.1. The maximum atomic E-state index is 13.5. The molecule has 5 heteroatoms. The first-order valence-corrected chi connectivity index (χ1v) is 9.98. The van der Waals surface area contributed by atoms with Crippen molar-refractivity contribution in [3.8, 4) is 5.75 Å². The number of hydrogen-bond acceptors (Lipinski definition) is 3. The molecule has 1 amide bonds. The van der Waals surface area contributed by atoms with Gasteiger partial charge in [0.05, 0.1) is 6.42 Å². The Morgan fingerprint density at radius 1 is 1.25 bits per heavy atom. The van der Waals surface area contributed by atoms with Crippen molar-refractivity contribution in [2.24, 2.45) is 11.8 Å². The highest BCUT2D eigenvalue weighted by Gasteiger charge is 2.31. The lowest BCUT2D eigenvalue weighted by atomic mass is 9.85. The number of aromatic hydroxyl groups is 1. The lowest BCUT2D eigenvalue weighted by Gasteiger charge is -2.40. The summed E-state index contributed by atoms with van der Waals surface area (Å²) in [6, 6.07) is 13.6. The Balaban J connectivity index is 1.65. The van der Waals surface area contributed by atoms with E-state index in [0.717, 1.165) is 24.1 Å². The van der Waals surface area contributed by atoms with Gasteiger partial charge in [-0.15, -0.1) is 0 Å². The summed E-state index contributed by atoms with van der Waals surface area (Å²) in [5.74, 6) is 0.919. The normalized spacial score (nSPS) is 19.6. The first-order chi connectivity index (χ1) is 13.4. The van der Waals surface area contributed by atoms with E-state index in [4.69, 9.17) is 0 Å². The van der Waals surface area contributed by atoms with E-state index in [0.29, 0.717) is 31.3 Å². The van der Waals surface area contributed by atoms with Gasteiger partial charge in [-0.05, 0) is 60.6 Å². The Morgan fingerprint density at radius 2 is 2.00 bits per heavy atom. The largest absolute Gasteiger partial charge is 0.508 e. The van der Waals surface area contributed by atoms with Crippen LogP contribution in [0.5, 0.6) is 5.75 Å². The SMILES string of the molecule is CC(C)C[C@H]1CN(C(=O)Cc2ccc(O)cc2)CC[C@H]1Nc1cccc(F)c1. The number of carbonyl (C=O) groups excluding carboxylic acids is 1. The van der Waals surface area contributed by atoms with Crippen molar-refractivity contribution < 1.29 is 14.3 Å². The second-order valence-electron chi connectivity index (χ2n) is 8.12. The smallest absolute Gasteiger partial charge is 0.227 e. The van der Waals surface area contributed by atoms with E-state index in [1.54, 1.807) is 30.3 Å². The van der Waals surface area contributed by atoms with E-state index < -0.39 is 0 Å². The summed E-state index contributed by atoms with van der Waals surface area (Å²) >= 11 is 0. The van der Waals surface area contributed by atoms with E-state index in [2.05, 4.69) is 19.2 Å². The van der Waals surface area contributed by atoms with Gasteiger partial charge in [0.2, 0.25) is 5.91 Å². The molecule has 2 aromatic rings. The maximum absolute atomic E-state index is 13.5. The van der Waals surface area contributed by atoms with Gasteiger partial charge in [-0.1, -0.05) is 32.0 Å². The number of rotatable bonds is 6. The highest BCUT2D eigenvalue weighted by Crippen LogP contribution is 2.27. The van der Waals surface area contributed by atoms with Crippen molar-refractivity contribution in [1.82, 2.24) is 4.90 Å². The van der Waals surface area contributed by atoms with Crippen LogP contribution < -0.4 is 5.32 Å². The number of phenolic OH excluding ortho intramolecular Hbond substituents is 1. The number of piperidine rings is 1. The lowest BCUT2D eigenvalue weighted by molar-refractivity contribution is -0.132. The molecule has 0 saturated carbocycles. The van der Waals surface area contributed by atoms with Crippen LogP contribution in [0, 0.1) is 17.7 Å². The first-order valence-electron chi connectivity index (χ1n) is 9.98. The Kier molecular flexibility index (Phi) is 6.55. The van der Waals surface area contributed by atoms with Crippen molar-refractivity contribution in [3.05, 3.63) is 59.9 Å². The summed E-state index contributed by atoms with van der Waals surface area (Å²) in [6.07, 6.45) is 2.20. The zero-order valence-corrected chi connectivity index (χ0v) is 16.6. The quantitative estimate of drug-likeness (QED) is 0.774. The van der Waals surface area contributed by atoms with Gasteiger partial charge in [0.25, 0.3) is 0 Å². The first kappa shape index (κ1) is 20.2. The molecule has 0 unspecified atom stereocenters. The number of nitrogens with one attached hydrogen (secondary N) is 1. The summed E-state index contributed by atoms with van der Waals surface area (Å²) in [6.45, 7) is 5.79. The molecule has 1 saturated heterocycles. The predicted octanol–water partition coefficient (Wildman–Crippen LogP) is 4.45. The fourth-order valence-electron chi connectivity index (χ4n) is 3.99. The zero-order valence-electron chi connectivity index (χ0n) is 16.6. The molecule has 150 valence electrons. The van der Waals surface area contributed by atoms with E-state index in [-0.39, 0.29) is 23.5 Å². The second-order valence-corrected chi connectivity index (χ2v) is 8.12. The molecule has 0 spiro atoms. The third-order valence-electron chi connectivity index (χ3n) is 5.33. The Bertz CT molecular complexity index is 791. The number of benzene rings is 2. The van der Waals surface area contributed by atoms with Crippen molar-refractivity contribution in [3.63, 3.8) is 0 Å². The van der Waals surface area contributed by atoms with Gasteiger partial charge in [-0.25, -0.2) is 4.39 Å². The molecule has 0 radical (unpaired) electrons. The number of nitrogens with zero attached hydrogens (tertiary/aromatic N) is 1. The molecule has 1 aliphatic rings. The minimum absolute atomic E-state index is 0.114. The fraction of sp³-hybridized carbons (Fsp3) is 0.435. The van der Waals surface area contributed by atoms with E-state index in [1.807, 2.05) is 11.0 Å². The van der Waals surface area contributed by atoms with Crippen molar-refractivity contribution in [2.45, 2.75) is 39.2 Å². The van der Waals surface area contributed by atoms with Crippen LogP contribution in [0.1, 0.15) is 32.3 Å². The summed E-state index contributed by atoms with van der Waals surface area (Å²) in [5.41, 5.74) is 1.70. The van der Waals surface area contributed by atoms with Crippen LogP contribution in [-0.4, -0.2) is 35.0 Å². The van der Waals surface area contributed by atoms with Crippen LogP contribution in [0.3, 0.4) is 0 Å². The number of halogens is 1. The summed E-state index contributed by atoms with van der Waals surface area (Å²) in [4.78, 5) is 14.7. The monoisotopic (exact) mass is 384 g/mol. The van der Waals surface area contributed by atoms with Crippen molar-refractivity contribution in [1.29, 1.82) is 0 Å². The van der Waals surface area contributed by atoms with Crippen LogP contribution >= 0.6 is 0 Å². The van der Waals surface area contributed by atoms with Gasteiger partial charge >= 0.3 is 0 Å². The van der Waals surface area contributed by atoms with E-state index >= 15 is 0 Å². The molecule has 28 heavy (non-hydrogen) atoms. The maximum Gasteiger partial charge on any atom is 0.227 e. The lowest BCUT2D eigenvalue weighted by Crippen LogP contribution is -2.49. The number of amides is 1. The Labute approximate surface area is 166 Å². The molecule has 1 fully saturated rings. The van der Waals surface area contributed by atoms with E-state index in [9.17, 15) is 14.3 Å². The average Bonchev–Trinajstić information content (AvgIpc) is 2.64. The van der Waals surface area contributed by atoms with Gasteiger partial charge in [-0.2, -0.15) is 0 Å². The van der Waals surface area contributed by atoms with Crippen LogP contribution in [-0.2, 0) is 11.2 Å². The minimum atomic E-state index is -0.244. The highest BCUT2D eigenvalue weighted by atomic mass is 19.1. The molecule has 2 aromatic carbocycles. The number of hydrogen-bond donors (Lipinski definition) is 2. The number of phenols is 1. The third-order valence-corrected chi connectivity index (χ3v) is 5.33. The van der Waals surface area contributed by atoms with Crippen LogP contribution in [0.2, 0.25) is 0 Å². The van der Waals surface area contributed by atoms with Gasteiger partial charge in [0.15, 0.2) is 0 Å².